The Morgan fingerprint density at radius 1 is 1.22 bits per heavy atom. The molecule has 1 aliphatic rings. The normalized spacial score (nSPS) is 13.9. The van der Waals surface area contributed by atoms with Crippen LogP contribution in [0.2, 0.25) is 0 Å². The van der Waals surface area contributed by atoms with Crippen molar-refractivity contribution in [2.24, 2.45) is 0 Å². The minimum absolute atomic E-state index is 0.0314. The van der Waals surface area contributed by atoms with Crippen molar-refractivity contribution in [2.45, 2.75) is 19.8 Å². The molecule has 23 heavy (non-hydrogen) atoms. The van der Waals surface area contributed by atoms with Crippen LogP contribution in [0.4, 0.5) is 11.5 Å². The lowest BCUT2D eigenvalue weighted by Gasteiger charge is -2.16. The smallest absolute Gasteiger partial charge is 0.272 e. The van der Waals surface area contributed by atoms with Gasteiger partial charge < -0.3 is 15.0 Å². The number of ether oxygens (including phenoxy) is 1. The van der Waals surface area contributed by atoms with Crippen LogP contribution in [0.5, 0.6) is 5.75 Å². The average Bonchev–Trinajstić information content (AvgIpc) is 3.08. The first-order valence-corrected chi connectivity index (χ1v) is 7.72. The molecule has 0 aliphatic carbocycles. The second-order valence-corrected chi connectivity index (χ2v) is 5.51. The second-order valence-electron chi connectivity index (χ2n) is 5.51. The molecule has 2 heterocycles. The largest absolute Gasteiger partial charge is 0.495 e. The average molecular weight is 312 g/mol. The topological polar surface area (TPSA) is 67.3 Å². The Hall–Kier alpha value is -2.63. The summed E-state index contributed by atoms with van der Waals surface area (Å²) in [4.78, 5) is 23.0. The fourth-order valence-corrected chi connectivity index (χ4v) is 2.71. The highest BCUT2D eigenvalue weighted by Crippen LogP contribution is 2.26. The maximum absolute atomic E-state index is 12.5. The van der Waals surface area contributed by atoms with Gasteiger partial charge in [0.1, 0.15) is 23.1 Å². The Morgan fingerprint density at radius 3 is 2.70 bits per heavy atom. The summed E-state index contributed by atoms with van der Waals surface area (Å²) in [5, 5.41) is 3.20. The number of benzene rings is 1. The second kappa shape index (κ2) is 6.64. The maximum Gasteiger partial charge on any atom is 0.272 e. The van der Waals surface area contributed by atoms with Gasteiger partial charge in [-0.15, -0.1) is 0 Å². The molecule has 1 aliphatic heterocycles. The highest BCUT2D eigenvalue weighted by Gasteiger charge is 2.21. The number of para-hydroxylation sites is 2. The molecule has 0 unspecified atom stereocenters. The first-order chi connectivity index (χ1) is 11.2. The van der Waals surface area contributed by atoms with E-state index in [9.17, 15) is 4.79 Å². The van der Waals surface area contributed by atoms with Crippen LogP contribution >= 0.6 is 0 Å². The van der Waals surface area contributed by atoms with E-state index in [1.807, 2.05) is 29.2 Å². The van der Waals surface area contributed by atoms with E-state index >= 15 is 0 Å². The van der Waals surface area contributed by atoms with Crippen LogP contribution in [0.3, 0.4) is 0 Å². The van der Waals surface area contributed by atoms with E-state index in [1.165, 1.54) is 0 Å². The van der Waals surface area contributed by atoms with Gasteiger partial charge in [0.2, 0.25) is 0 Å². The monoisotopic (exact) mass is 312 g/mol. The van der Waals surface area contributed by atoms with Gasteiger partial charge in [0.25, 0.3) is 5.91 Å². The van der Waals surface area contributed by atoms with Crippen LogP contribution in [0.1, 0.15) is 29.2 Å². The summed E-state index contributed by atoms with van der Waals surface area (Å²) in [6.45, 7) is 3.39. The Balaban J connectivity index is 1.87. The van der Waals surface area contributed by atoms with Crippen molar-refractivity contribution in [1.29, 1.82) is 0 Å². The Morgan fingerprint density at radius 2 is 1.96 bits per heavy atom. The molecule has 0 atom stereocenters. The molecule has 1 saturated heterocycles. The lowest BCUT2D eigenvalue weighted by molar-refractivity contribution is 0.0786. The number of hydrogen-bond acceptors (Lipinski definition) is 5. The highest BCUT2D eigenvalue weighted by molar-refractivity contribution is 5.93. The number of aryl methyl sites for hydroxylation is 1. The number of nitrogens with zero attached hydrogens (tertiary/aromatic N) is 3. The molecule has 1 amide bonds. The van der Waals surface area contributed by atoms with E-state index in [1.54, 1.807) is 20.1 Å². The minimum atomic E-state index is -0.0314. The van der Waals surface area contributed by atoms with Crippen LogP contribution in [-0.4, -0.2) is 41.0 Å². The number of likely N-dealkylation sites (tertiary alicyclic amines) is 1. The van der Waals surface area contributed by atoms with Gasteiger partial charge >= 0.3 is 0 Å². The summed E-state index contributed by atoms with van der Waals surface area (Å²) >= 11 is 0. The van der Waals surface area contributed by atoms with Gasteiger partial charge in [0, 0.05) is 19.2 Å². The maximum atomic E-state index is 12.5. The number of methoxy groups -OCH3 is 1. The third-order valence-corrected chi connectivity index (χ3v) is 3.82. The lowest BCUT2D eigenvalue weighted by Crippen LogP contribution is -2.28. The van der Waals surface area contributed by atoms with Crippen LogP contribution in [0, 0.1) is 6.92 Å². The van der Waals surface area contributed by atoms with Gasteiger partial charge in [-0.1, -0.05) is 12.1 Å². The first-order valence-electron chi connectivity index (χ1n) is 7.72. The number of nitrogens with one attached hydrogen (secondary N) is 1. The van der Waals surface area contributed by atoms with E-state index in [0.29, 0.717) is 17.3 Å². The molecule has 1 N–H and O–H groups in total. The van der Waals surface area contributed by atoms with Crippen molar-refractivity contribution in [3.63, 3.8) is 0 Å². The molecule has 1 aromatic heterocycles. The Labute approximate surface area is 135 Å². The molecule has 3 rings (SSSR count). The first kappa shape index (κ1) is 15.3. The fourth-order valence-electron chi connectivity index (χ4n) is 2.71. The summed E-state index contributed by atoms with van der Waals surface area (Å²) in [6, 6.07) is 9.28. The van der Waals surface area contributed by atoms with Crippen molar-refractivity contribution < 1.29 is 9.53 Å². The molecular formula is C17H20N4O2. The van der Waals surface area contributed by atoms with Gasteiger partial charge in [-0.05, 0) is 31.9 Å². The van der Waals surface area contributed by atoms with Crippen LogP contribution in [0.25, 0.3) is 0 Å². The number of aromatic nitrogens is 2. The molecule has 120 valence electrons. The van der Waals surface area contributed by atoms with E-state index < -0.39 is 0 Å². The number of hydrogen-bond donors (Lipinski definition) is 1. The van der Waals surface area contributed by atoms with E-state index in [2.05, 4.69) is 15.3 Å². The third kappa shape index (κ3) is 3.41. The Bertz CT molecular complexity index is 711. The van der Waals surface area contributed by atoms with E-state index in [0.717, 1.165) is 37.4 Å². The van der Waals surface area contributed by atoms with Crippen molar-refractivity contribution in [3.8, 4) is 5.75 Å². The number of rotatable bonds is 4. The number of anilines is 2. The SMILES string of the molecule is COc1ccccc1Nc1cc(C(=O)N2CCCC2)nc(C)n1. The van der Waals surface area contributed by atoms with Crippen LogP contribution in [0.15, 0.2) is 30.3 Å². The van der Waals surface area contributed by atoms with Gasteiger partial charge in [-0.3, -0.25) is 4.79 Å². The zero-order chi connectivity index (χ0) is 16.2. The molecule has 1 fully saturated rings. The molecular weight excluding hydrogens is 292 g/mol. The summed E-state index contributed by atoms with van der Waals surface area (Å²) in [5.74, 6) is 1.84. The number of amides is 1. The predicted molar refractivity (Wildman–Crippen MR) is 88.2 cm³/mol. The zero-order valence-electron chi connectivity index (χ0n) is 13.4. The van der Waals surface area contributed by atoms with Crippen LogP contribution in [-0.2, 0) is 0 Å². The minimum Gasteiger partial charge on any atom is -0.495 e. The van der Waals surface area contributed by atoms with Crippen molar-refractivity contribution in [2.75, 3.05) is 25.5 Å². The summed E-state index contributed by atoms with van der Waals surface area (Å²) in [5.41, 5.74) is 1.23. The van der Waals surface area contributed by atoms with Gasteiger partial charge in [0.15, 0.2) is 0 Å². The molecule has 0 saturated carbocycles. The standard InChI is InChI=1S/C17H20N4O2/c1-12-18-14(17(22)21-9-5-6-10-21)11-16(19-12)20-13-7-3-4-8-15(13)23-2/h3-4,7-8,11H,5-6,9-10H2,1-2H3,(H,18,19,20). The van der Waals surface area contributed by atoms with Crippen molar-refractivity contribution in [3.05, 3.63) is 41.9 Å². The molecule has 0 spiro atoms. The number of carbonyl (C=O) groups excluding carboxylic acids is 1. The number of carbonyl (C=O) groups is 1. The van der Waals surface area contributed by atoms with Gasteiger partial charge in [-0.25, -0.2) is 9.97 Å². The molecule has 2 aromatic rings. The quantitative estimate of drug-likeness (QED) is 0.940. The summed E-state index contributed by atoms with van der Waals surface area (Å²) in [7, 11) is 1.62. The van der Waals surface area contributed by atoms with Gasteiger partial charge in [0.05, 0.1) is 12.8 Å². The lowest BCUT2D eigenvalue weighted by atomic mass is 10.2. The molecule has 6 heteroatoms. The Kier molecular flexibility index (Phi) is 4.41. The third-order valence-electron chi connectivity index (χ3n) is 3.82. The fraction of sp³-hybridized carbons (Fsp3) is 0.353. The molecule has 1 aromatic carbocycles. The zero-order valence-corrected chi connectivity index (χ0v) is 13.4. The molecule has 0 bridgehead atoms. The van der Waals surface area contributed by atoms with E-state index in [4.69, 9.17) is 4.74 Å². The highest BCUT2D eigenvalue weighted by atomic mass is 16.5. The van der Waals surface area contributed by atoms with Crippen LogP contribution < -0.4 is 10.1 Å². The molecule has 6 nitrogen and oxygen atoms in total. The van der Waals surface area contributed by atoms with Crippen molar-refractivity contribution in [1.82, 2.24) is 14.9 Å². The molecule has 0 radical (unpaired) electrons. The van der Waals surface area contributed by atoms with E-state index in [-0.39, 0.29) is 5.91 Å². The summed E-state index contributed by atoms with van der Waals surface area (Å²) in [6.07, 6.45) is 2.12. The summed E-state index contributed by atoms with van der Waals surface area (Å²) < 4.78 is 5.33. The van der Waals surface area contributed by atoms with Gasteiger partial charge in [-0.2, -0.15) is 0 Å². The van der Waals surface area contributed by atoms with Crippen molar-refractivity contribution >= 4 is 17.4 Å². The predicted octanol–water partition coefficient (Wildman–Crippen LogP) is 2.77.